The highest BCUT2D eigenvalue weighted by atomic mass is 32.5. The molecule has 0 saturated carbocycles. The maximum atomic E-state index is 16.0. The minimum Gasteiger partial charge on any atom is -0.385 e. The molecule has 7 heterocycles. The van der Waals surface area contributed by atoms with Crippen molar-refractivity contribution in [1.82, 2.24) is 44.9 Å². The number of aromatic nitrogens is 9. The molecule has 7 rings (SSSR count). The van der Waals surface area contributed by atoms with E-state index in [1.807, 2.05) is 0 Å². The van der Waals surface area contributed by atoms with Crippen molar-refractivity contribution in [3.05, 3.63) is 22.7 Å². The van der Waals surface area contributed by atoms with E-state index in [0.29, 0.717) is 0 Å². The van der Waals surface area contributed by atoms with Gasteiger partial charge in [0.25, 0.3) is 5.56 Å². The number of ether oxygens (including phenoxy) is 2. The molecule has 0 spiro atoms. The van der Waals surface area contributed by atoms with Crippen LogP contribution in [0.2, 0.25) is 0 Å². The average Bonchev–Trinajstić information content (AvgIpc) is 3.72. The molecular formula is C19H22FN11O9P2S2. The fourth-order valence-electron chi connectivity index (χ4n) is 5.13. The third-order valence-electron chi connectivity index (χ3n) is 7.03. The van der Waals surface area contributed by atoms with Gasteiger partial charge in [0.1, 0.15) is 36.0 Å². The maximum absolute atomic E-state index is 16.0. The number of H-pyrrole nitrogens is 1. The molecule has 4 aromatic rings. The number of nitrogen functional groups attached to an aromatic ring is 2. The predicted octanol–water partition coefficient (Wildman–Crippen LogP) is -0.707. The van der Waals surface area contributed by atoms with E-state index >= 15 is 4.39 Å². The summed E-state index contributed by atoms with van der Waals surface area (Å²) in [6.45, 7) is -9.14. The lowest BCUT2D eigenvalue weighted by molar-refractivity contribution is -0.0649. The largest absolute Gasteiger partial charge is 0.385 e. The third kappa shape index (κ3) is 5.42. The molecule has 7 N–H and O–H groups in total. The molecule has 25 heteroatoms. The van der Waals surface area contributed by atoms with Crippen LogP contribution in [0.1, 0.15) is 18.9 Å². The van der Waals surface area contributed by atoms with Gasteiger partial charge in [-0.25, -0.2) is 19.0 Å². The molecule has 20 nitrogen and oxygen atoms in total. The molecular weight excluding hydrogens is 671 g/mol. The first-order valence-electron chi connectivity index (χ1n) is 12.7. The average molecular weight is 694 g/mol. The smallest absolute Gasteiger partial charge is 0.325 e. The van der Waals surface area contributed by atoms with Crippen molar-refractivity contribution in [3.63, 3.8) is 0 Å². The topological polar surface area (TPSA) is 268 Å². The highest BCUT2D eigenvalue weighted by molar-refractivity contribution is 8.07. The maximum Gasteiger partial charge on any atom is 0.325 e. The number of anilines is 2. The molecule has 236 valence electrons. The number of rotatable bonds is 2. The Morgan fingerprint density at radius 2 is 1.70 bits per heavy atom. The summed E-state index contributed by atoms with van der Waals surface area (Å²) in [6.07, 6.45) is -8.13. The molecule has 44 heavy (non-hydrogen) atoms. The van der Waals surface area contributed by atoms with E-state index in [4.69, 9.17) is 62.6 Å². The number of hydrogen-bond donors (Lipinski definition) is 5. The van der Waals surface area contributed by atoms with E-state index in [-0.39, 0.29) is 46.9 Å². The lowest BCUT2D eigenvalue weighted by atomic mass is 10.1. The first kappa shape index (κ1) is 30.0. The number of aromatic amines is 1. The summed E-state index contributed by atoms with van der Waals surface area (Å²) in [5.74, 6) is 0.0566. The van der Waals surface area contributed by atoms with Crippen LogP contribution in [-0.2, 0) is 51.2 Å². The molecule has 0 aromatic carbocycles. The Balaban J connectivity index is 1.19. The van der Waals surface area contributed by atoms with Crippen molar-refractivity contribution in [2.24, 2.45) is 0 Å². The summed E-state index contributed by atoms with van der Waals surface area (Å²) >= 11 is 10.5. The van der Waals surface area contributed by atoms with Crippen molar-refractivity contribution in [1.29, 1.82) is 0 Å². The fourth-order valence-corrected chi connectivity index (χ4v) is 8.03. The van der Waals surface area contributed by atoms with Crippen molar-refractivity contribution in [2.75, 3.05) is 24.7 Å². The fraction of sp³-hybridized carbons (Fsp3) is 0.526. The van der Waals surface area contributed by atoms with E-state index in [1.54, 1.807) is 0 Å². The lowest BCUT2D eigenvalue weighted by Gasteiger charge is -2.27. The highest BCUT2D eigenvalue weighted by Gasteiger charge is 2.52. The Morgan fingerprint density at radius 3 is 2.52 bits per heavy atom. The molecule has 2 bridgehead atoms. The summed E-state index contributed by atoms with van der Waals surface area (Å²) in [6, 6.07) is 1.42. The van der Waals surface area contributed by atoms with Crippen LogP contribution in [0.15, 0.2) is 17.2 Å². The van der Waals surface area contributed by atoms with Gasteiger partial charge in [0.05, 0.1) is 19.3 Å². The predicted molar refractivity (Wildman–Crippen MR) is 152 cm³/mol. The van der Waals surface area contributed by atoms with E-state index < -0.39 is 68.6 Å². The number of nitrogens with two attached hydrogens (primary N) is 2. The second-order valence-corrected chi connectivity index (χ2v) is 15.5. The van der Waals surface area contributed by atoms with E-state index in [0.717, 1.165) is 11.0 Å². The summed E-state index contributed by atoms with van der Waals surface area (Å²) in [4.78, 5) is 44.6. The van der Waals surface area contributed by atoms with Gasteiger partial charge in [0.15, 0.2) is 41.1 Å². The first-order chi connectivity index (χ1) is 20.9. The van der Waals surface area contributed by atoms with Gasteiger partial charge in [-0.15, -0.1) is 10.2 Å². The van der Waals surface area contributed by atoms with Crippen molar-refractivity contribution in [3.8, 4) is 0 Å². The number of pyridine rings is 1. The van der Waals surface area contributed by atoms with E-state index in [9.17, 15) is 14.6 Å². The summed E-state index contributed by atoms with van der Waals surface area (Å²) < 4.78 is 52.6. The molecule has 0 radical (unpaired) electrons. The molecule has 4 aromatic heterocycles. The van der Waals surface area contributed by atoms with Crippen LogP contribution in [0, 0.1) is 0 Å². The van der Waals surface area contributed by atoms with Gasteiger partial charge >= 0.3 is 13.4 Å². The van der Waals surface area contributed by atoms with Gasteiger partial charge in [0.2, 0.25) is 0 Å². The monoisotopic (exact) mass is 693 g/mol. The summed E-state index contributed by atoms with van der Waals surface area (Å²) in [7, 11) is 0. The Hall–Kier alpha value is -2.66. The Morgan fingerprint density at radius 1 is 0.977 bits per heavy atom. The zero-order valence-corrected chi connectivity index (χ0v) is 25.3. The SMILES string of the molecule is Nc1cc2c(nnn2[C@@H]2O[C@@H]3COP(O)(=S)O[C@H]4[C@H](F)[C@H](n5nnc6c(N)ncnc65)O[C@@H]4COP(O)(=S)O[C@@H]2C3)c(=O)[nH]1. The van der Waals surface area contributed by atoms with Crippen LogP contribution in [0.5, 0.6) is 0 Å². The van der Waals surface area contributed by atoms with Gasteiger partial charge in [0, 0.05) is 12.5 Å². The van der Waals surface area contributed by atoms with Gasteiger partial charge in [-0.2, -0.15) is 4.68 Å². The van der Waals surface area contributed by atoms with Gasteiger partial charge in [-0.1, -0.05) is 10.4 Å². The molecule has 3 aliphatic heterocycles. The molecule has 3 aliphatic rings. The zero-order chi connectivity index (χ0) is 31.0. The number of nitrogens with one attached hydrogen (secondary N) is 1. The summed E-state index contributed by atoms with van der Waals surface area (Å²) in [5.41, 5.74) is 11.4. The number of nitrogens with zero attached hydrogens (tertiary/aromatic N) is 8. The van der Waals surface area contributed by atoms with Crippen molar-refractivity contribution in [2.45, 2.75) is 49.5 Å². The number of hydrogen-bond acceptors (Lipinski definition) is 17. The second-order valence-electron chi connectivity index (χ2n) is 9.92. The zero-order valence-electron chi connectivity index (χ0n) is 21.9. The van der Waals surface area contributed by atoms with Crippen LogP contribution in [-0.4, -0.2) is 98.5 Å². The molecule has 0 aliphatic carbocycles. The molecule has 0 amide bonds. The van der Waals surface area contributed by atoms with E-state index in [2.05, 4.69) is 35.6 Å². The minimum absolute atomic E-state index is 0.0125. The second kappa shape index (κ2) is 11.0. The first-order valence-corrected chi connectivity index (χ1v) is 17.9. The quantitative estimate of drug-likeness (QED) is 0.162. The normalized spacial score (nSPS) is 36.6. The molecule has 2 unspecified atom stereocenters. The number of halogens is 1. The Kier molecular flexibility index (Phi) is 7.50. The summed E-state index contributed by atoms with van der Waals surface area (Å²) in [5, 5.41) is 15.7. The van der Waals surface area contributed by atoms with Crippen LogP contribution in [0.25, 0.3) is 22.2 Å². The standard InChI is InChI=1S/C19H22FN11O9P2S2/c20-11-14-9(38-19(11)31-16-13(27-29-31)15(22)23-5-24-16)4-36-41(33,43)39-8-1-6(3-35-42(34,44)40-14)37-18(8)30-7-2-10(21)25-17(32)12(7)26-28-30/h2,5-6,8-9,11,14,18-19H,1,3-4H2,(H,33,43)(H,34,44)(H3,21,25,32)(H2,22,23,24)/t6-,8+,9+,11-,14+,18+,19+,41?,42?/m0/s1. The Bertz CT molecular complexity index is 1910. The highest BCUT2D eigenvalue weighted by Crippen LogP contribution is 2.54. The van der Waals surface area contributed by atoms with Gasteiger partial charge < -0.3 is 49.3 Å². The van der Waals surface area contributed by atoms with Gasteiger partial charge in [-0.05, 0) is 23.6 Å². The van der Waals surface area contributed by atoms with Crippen LogP contribution in [0.4, 0.5) is 16.0 Å². The third-order valence-corrected chi connectivity index (χ3v) is 10.2. The van der Waals surface area contributed by atoms with E-state index in [1.165, 1.54) is 10.7 Å². The van der Waals surface area contributed by atoms with Crippen LogP contribution < -0.4 is 17.0 Å². The van der Waals surface area contributed by atoms with Gasteiger partial charge in [-0.3, -0.25) is 9.32 Å². The lowest BCUT2D eigenvalue weighted by Crippen LogP contribution is -2.34. The van der Waals surface area contributed by atoms with Crippen LogP contribution in [0.3, 0.4) is 0 Å². The van der Waals surface area contributed by atoms with Crippen molar-refractivity contribution >= 4 is 70.9 Å². The number of alkyl halides is 1. The Labute approximate surface area is 254 Å². The molecule has 9 atom stereocenters. The van der Waals surface area contributed by atoms with Crippen LogP contribution >= 0.6 is 13.4 Å². The molecule has 3 fully saturated rings. The number of fused-ring (bicyclic) bond motifs is 5. The minimum atomic E-state index is -4.15. The molecule has 3 saturated heterocycles. The van der Waals surface area contributed by atoms with Crippen molar-refractivity contribution < 1.29 is 41.7 Å².